The van der Waals surface area contributed by atoms with Crippen molar-refractivity contribution in [3.8, 4) is 18.2 Å². The first-order valence-corrected chi connectivity index (χ1v) is 6.81. The number of esters is 1. The van der Waals surface area contributed by atoms with Gasteiger partial charge in [0.2, 0.25) is 0 Å². The van der Waals surface area contributed by atoms with Crippen LogP contribution in [0.5, 0.6) is 0 Å². The maximum Gasteiger partial charge on any atom is 0.471 e. The van der Waals surface area contributed by atoms with Gasteiger partial charge in [-0.3, -0.25) is 4.79 Å². The molecule has 7 nitrogen and oxygen atoms in total. The molecule has 0 atom stereocenters. The third kappa shape index (κ3) is 5.36. The fourth-order valence-corrected chi connectivity index (χ4v) is 1.67. The smallest absolute Gasteiger partial charge is 0.460 e. The Morgan fingerprint density at radius 1 is 1.00 bits per heavy atom. The van der Waals surface area contributed by atoms with Crippen LogP contribution in [0.4, 0.5) is 13.2 Å². The Morgan fingerprint density at radius 2 is 1.54 bits per heavy atom. The van der Waals surface area contributed by atoms with Crippen molar-refractivity contribution in [2.45, 2.75) is 6.18 Å². The van der Waals surface area contributed by atoms with Crippen molar-refractivity contribution in [3.05, 3.63) is 34.7 Å². The number of amides is 1. The van der Waals surface area contributed by atoms with Gasteiger partial charge in [0.15, 0.2) is 0 Å². The van der Waals surface area contributed by atoms with Crippen LogP contribution in [0.3, 0.4) is 0 Å². The lowest BCUT2D eigenvalue weighted by atomic mass is 10.1. The number of hydrogen-bond acceptors (Lipinski definition) is 6. The van der Waals surface area contributed by atoms with Gasteiger partial charge in [-0.25, -0.2) is 4.79 Å². The third-order valence-corrected chi connectivity index (χ3v) is 2.88. The van der Waals surface area contributed by atoms with Crippen molar-refractivity contribution in [3.63, 3.8) is 0 Å². The number of benzene rings is 1. The Hall–Kier alpha value is -3.84. The normalized spacial score (nSPS) is 9.85. The zero-order valence-electron chi connectivity index (χ0n) is 12.9. The van der Waals surface area contributed by atoms with Crippen molar-refractivity contribution in [1.29, 1.82) is 15.8 Å². The molecule has 0 radical (unpaired) electrons. The van der Waals surface area contributed by atoms with Gasteiger partial charge in [0.25, 0.3) is 0 Å². The van der Waals surface area contributed by atoms with E-state index in [-0.39, 0.29) is 10.8 Å². The summed E-state index contributed by atoms with van der Waals surface area (Å²) in [6.45, 7) is -1.14. The van der Waals surface area contributed by atoms with E-state index in [4.69, 9.17) is 15.8 Å². The Kier molecular flexibility index (Phi) is 6.88. The number of carbonyl (C=O) groups excluding carboxylic acids is 2. The summed E-state index contributed by atoms with van der Waals surface area (Å²) in [5, 5.41) is 28.5. The minimum absolute atomic E-state index is 0.135. The van der Waals surface area contributed by atoms with Crippen LogP contribution in [0.25, 0.3) is 11.1 Å². The second-order valence-corrected chi connectivity index (χ2v) is 4.55. The van der Waals surface area contributed by atoms with Crippen molar-refractivity contribution < 1.29 is 27.5 Å². The van der Waals surface area contributed by atoms with E-state index in [1.54, 1.807) is 18.2 Å². The molecule has 0 heterocycles. The Morgan fingerprint density at radius 3 is 2.00 bits per heavy atom. The number of ether oxygens (including phenoxy) is 1. The summed E-state index contributed by atoms with van der Waals surface area (Å²) in [4.78, 5) is 22.4. The summed E-state index contributed by atoms with van der Waals surface area (Å²) in [5.41, 5.74) is -0.577. The van der Waals surface area contributed by atoms with Gasteiger partial charge in [-0.1, -0.05) is 24.3 Å². The quantitative estimate of drug-likeness (QED) is 0.583. The lowest BCUT2D eigenvalue weighted by molar-refractivity contribution is -0.173. The molecule has 1 aromatic rings. The average molecular weight is 362 g/mol. The maximum atomic E-state index is 12.0. The minimum atomic E-state index is -5.04. The highest BCUT2D eigenvalue weighted by molar-refractivity contribution is 6.15. The number of alkyl halides is 3. The number of rotatable bonds is 4. The lowest BCUT2D eigenvalue weighted by Crippen LogP contribution is -2.38. The molecule has 1 rings (SSSR count). The second-order valence-electron chi connectivity index (χ2n) is 4.55. The van der Waals surface area contributed by atoms with Crippen LogP contribution < -0.4 is 15.8 Å². The monoisotopic (exact) mass is 362 g/mol. The molecule has 1 amide bonds. The van der Waals surface area contributed by atoms with Crippen LogP contribution in [0.15, 0.2) is 24.3 Å². The summed E-state index contributed by atoms with van der Waals surface area (Å²) in [6, 6.07) is 10.3. The zero-order chi connectivity index (χ0) is 19.7. The second kappa shape index (κ2) is 8.86. The number of carbonyl (C=O) groups is 2. The van der Waals surface area contributed by atoms with Crippen LogP contribution >= 0.6 is 0 Å². The fourth-order valence-electron chi connectivity index (χ4n) is 1.67. The number of nitrogens with one attached hydrogen (secondary N) is 1. The predicted molar refractivity (Wildman–Crippen MR) is 79.4 cm³/mol. The molecule has 0 spiro atoms. The summed E-state index contributed by atoms with van der Waals surface area (Å²) in [7, 11) is 0. The van der Waals surface area contributed by atoms with E-state index in [0.29, 0.717) is 5.22 Å². The molecule has 0 aliphatic rings. The molecule has 1 N–H and O–H groups in total. The molecule has 0 saturated carbocycles. The summed E-state index contributed by atoms with van der Waals surface area (Å²) < 4.78 is 40.6. The number of hydrogen-bond donors (Lipinski definition) is 1. The van der Waals surface area contributed by atoms with Crippen molar-refractivity contribution in [2.24, 2.45) is 0 Å². The summed E-state index contributed by atoms with van der Waals surface area (Å²) in [6.07, 6.45) is -5.04. The maximum absolute atomic E-state index is 12.0. The molecule has 0 saturated heterocycles. The number of halogens is 3. The predicted octanol–water partition coefficient (Wildman–Crippen LogP) is -0.220. The van der Waals surface area contributed by atoms with Crippen LogP contribution in [0.2, 0.25) is 0 Å². The lowest BCUT2D eigenvalue weighted by Gasteiger charge is -2.08. The molecule has 0 unspecified atom stereocenters. The van der Waals surface area contributed by atoms with Gasteiger partial charge in [-0.05, 0) is 5.22 Å². The van der Waals surface area contributed by atoms with Crippen LogP contribution in [0.1, 0.15) is 0 Å². The molecule has 0 aliphatic heterocycles. The van der Waals surface area contributed by atoms with Gasteiger partial charge in [0, 0.05) is 5.22 Å². The molecule has 0 fully saturated rings. The van der Waals surface area contributed by atoms with Crippen LogP contribution in [0, 0.1) is 34.0 Å². The minimum Gasteiger partial charge on any atom is -0.460 e. The van der Waals surface area contributed by atoms with Crippen LogP contribution in [-0.2, 0) is 14.3 Å². The number of nitrogens with zero attached hydrogens (tertiary/aromatic N) is 3. The van der Waals surface area contributed by atoms with Crippen molar-refractivity contribution in [2.75, 3.05) is 13.2 Å². The average Bonchev–Trinajstić information content (AvgIpc) is 2.60. The molecule has 1 aromatic carbocycles. The van der Waals surface area contributed by atoms with E-state index >= 15 is 0 Å². The summed E-state index contributed by atoms with van der Waals surface area (Å²) in [5.74, 6) is -3.26. The third-order valence-electron chi connectivity index (χ3n) is 2.88. The van der Waals surface area contributed by atoms with Gasteiger partial charge in [0.05, 0.1) is 6.54 Å². The number of nitriles is 3. The Balaban J connectivity index is 2.88. The molecule has 0 bridgehead atoms. The standard InChI is InChI=1S/C16H9F3N4O3/c17-16(18,19)15(25)23-5-6-26-14(24)13(9-22)11-3-1-10(2-4-11)12(7-20)8-21/h1-4H,5-6H2,(H,23,25). The molecule has 10 heteroatoms. The Bertz CT molecular complexity index is 923. The van der Waals surface area contributed by atoms with Gasteiger partial charge >= 0.3 is 18.1 Å². The molecule has 26 heavy (non-hydrogen) atoms. The van der Waals surface area contributed by atoms with Gasteiger partial charge in [-0.15, -0.1) is 0 Å². The molecule has 0 aliphatic carbocycles. The molecule has 0 aromatic heterocycles. The van der Waals surface area contributed by atoms with Crippen LogP contribution in [-0.4, -0.2) is 31.2 Å². The first-order chi connectivity index (χ1) is 12.2. The SMILES string of the molecule is N#CC(C#N)=c1ccc(=C(C#N)C(=O)OCCNC(=O)C(F)(F)F)cc1. The fraction of sp³-hybridized carbons (Fsp3) is 0.188. The topological polar surface area (TPSA) is 127 Å². The largest absolute Gasteiger partial charge is 0.471 e. The van der Waals surface area contributed by atoms with Crippen molar-refractivity contribution in [1.82, 2.24) is 5.32 Å². The van der Waals surface area contributed by atoms with E-state index in [2.05, 4.69) is 4.74 Å². The Labute approximate surface area is 144 Å². The van der Waals surface area contributed by atoms with Gasteiger partial charge in [0.1, 0.15) is 36.0 Å². The van der Waals surface area contributed by atoms with E-state index < -0.39 is 36.8 Å². The van der Waals surface area contributed by atoms with E-state index in [9.17, 15) is 22.8 Å². The first kappa shape index (κ1) is 20.2. The van der Waals surface area contributed by atoms with E-state index in [1.165, 1.54) is 29.6 Å². The van der Waals surface area contributed by atoms with Gasteiger partial charge in [-0.2, -0.15) is 29.0 Å². The highest BCUT2D eigenvalue weighted by Crippen LogP contribution is 2.13. The first-order valence-electron chi connectivity index (χ1n) is 6.81. The summed E-state index contributed by atoms with van der Waals surface area (Å²) >= 11 is 0. The highest BCUT2D eigenvalue weighted by Gasteiger charge is 2.38. The molecular weight excluding hydrogens is 353 g/mol. The van der Waals surface area contributed by atoms with Gasteiger partial charge < -0.3 is 10.1 Å². The van der Waals surface area contributed by atoms with E-state index in [0.717, 1.165) is 0 Å². The molecular formula is C16H9F3N4O3. The molecule has 132 valence electrons. The zero-order valence-corrected chi connectivity index (χ0v) is 12.9. The van der Waals surface area contributed by atoms with Crippen molar-refractivity contribution >= 4 is 23.0 Å². The highest BCUT2D eigenvalue weighted by atomic mass is 19.4. The van der Waals surface area contributed by atoms with E-state index in [1.807, 2.05) is 0 Å².